The molecule has 1 saturated carbocycles. The lowest BCUT2D eigenvalue weighted by Gasteiger charge is -2.20. The molecule has 0 aliphatic heterocycles. The van der Waals surface area contributed by atoms with Gasteiger partial charge in [0.05, 0.1) is 5.56 Å². The Bertz CT molecular complexity index is 447. The van der Waals surface area contributed by atoms with Gasteiger partial charge in [0.1, 0.15) is 5.15 Å². The summed E-state index contributed by atoms with van der Waals surface area (Å²) in [6.45, 7) is 0. The van der Waals surface area contributed by atoms with Gasteiger partial charge in [-0.05, 0) is 31.4 Å². The highest BCUT2D eigenvalue weighted by Gasteiger charge is 2.26. The standard InChI is InChI=1S/C12H12ClNO3/c13-11-8(4-3-7-14-11)12(16)17-10-6-2-1-5-9(10)15/h3-4,7,10H,1-2,5-6H2/t10-/m1/s1. The molecule has 5 heteroatoms. The van der Waals surface area contributed by atoms with Gasteiger partial charge in [-0.15, -0.1) is 0 Å². The molecular weight excluding hydrogens is 242 g/mol. The molecule has 0 N–H and O–H groups in total. The van der Waals surface area contributed by atoms with Gasteiger partial charge in [0.2, 0.25) is 0 Å². The van der Waals surface area contributed by atoms with E-state index >= 15 is 0 Å². The number of halogens is 1. The maximum atomic E-state index is 11.8. The summed E-state index contributed by atoms with van der Waals surface area (Å²) in [7, 11) is 0. The Labute approximate surface area is 104 Å². The van der Waals surface area contributed by atoms with E-state index < -0.39 is 12.1 Å². The largest absolute Gasteiger partial charge is 0.451 e. The first kappa shape index (κ1) is 12.0. The fourth-order valence-electron chi connectivity index (χ4n) is 1.81. The smallest absolute Gasteiger partial charge is 0.341 e. The Balaban J connectivity index is 2.06. The molecule has 1 aromatic heterocycles. The lowest BCUT2D eigenvalue weighted by atomic mass is 9.96. The first-order valence-electron chi connectivity index (χ1n) is 5.52. The number of ketones is 1. The number of esters is 1. The minimum atomic E-state index is -0.618. The van der Waals surface area contributed by atoms with Crippen molar-refractivity contribution in [1.29, 1.82) is 0 Å². The molecule has 1 fully saturated rings. The lowest BCUT2D eigenvalue weighted by molar-refractivity contribution is -0.129. The highest BCUT2D eigenvalue weighted by molar-refractivity contribution is 6.32. The lowest BCUT2D eigenvalue weighted by Crippen LogP contribution is -2.30. The second-order valence-corrected chi connectivity index (χ2v) is 4.31. The van der Waals surface area contributed by atoms with E-state index in [-0.39, 0.29) is 16.5 Å². The van der Waals surface area contributed by atoms with E-state index in [0.717, 1.165) is 12.8 Å². The summed E-state index contributed by atoms with van der Waals surface area (Å²) in [5.74, 6) is -0.590. The number of ether oxygens (including phenoxy) is 1. The minimum absolute atomic E-state index is 0.00962. The summed E-state index contributed by atoms with van der Waals surface area (Å²) in [6, 6.07) is 3.14. The molecule has 4 nitrogen and oxygen atoms in total. The Morgan fingerprint density at radius 2 is 2.29 bits per heavy atom. The number of nitrogens with zero attached hydrogens (tertiary/aromatic N) is 1. The summed E-state index contributed by atoms with van der Waals surface area (Å²) in [4.78, 5) is 27.1. The number of hydrogen-bond donors (Lipinski definition) is 0. The summed E-state index contributed by atoms with van der Waals surface area (Å²) < 4.78 is 5.16. The third-order valence-electron chi connectivity index (χ3n) is 2.73. The van der Waals surface area contributed by atoms with Gasteiger partial charge in [-0.3, -0.25) is 4.79 Å². The van der Waals surface area contributed by atoms with Crippen LogP contribution in [0.15, 0.2) is 18.3 Å². The molecule has 0 radical (unpaired) electrons. The normalized spacial score (nSPS) is 20.1. The third kappa shape index (κ3) is 2.82. The molecule has 90 valence electrons. The van der Waals surface area contributed by atoms with E-state index in [9.17, 15) is 9.59 Å². The molecule has 0 spiro atoms. The number of Topliss-reactive ketones (excluding diaryl/α,β-unsaturated/α-hetero) is 1. The first-order valence-corrected chi connectivity index (χ1v) is 5.90. The van der Waals surface area contributed by atoms with Crippen molar-refractivity contribution in [3.63, 3.8) is 0 Å². The van der Waals surface area contributed by atoms with Crippen LogP contribution in [0.4, 0.5) is 0 Å². The van der Waals surface area contributed by atoms with Gasteiger partial charge < -0.3 is 4.74 Å². The molecule has 1 aliphatic carbocycles. The zero-order valence-corrected chi connectivity index (χ0v) is 9.94. The van der Waals surface area contributed by atoms with E-state index in [1.54, 1.807) is 6.07 Å². The molecule has 17 heavy (non-hydrogen) atoms. The van der Waals surface area contributed by atoms with Crippen molar-refractivity contribution in [2.75, 3.05) is 0 Å². The molecule has 1 aliphatic rings. The number of carbonyl (C=O) groups is 2. The van der Waals surface area contributed by atoms with Crippen LogP contribution in [-0.2, 0) is 9.53 Å². The monoisotopic (exact) mass is 253 g/mol. The van der Waals surface area contributed by atoms with Gasteiger partial charge >= 0.3 is 5.97 Å². The predicted octanol–water partition coefficient (Wildman–Crippen LogP) is 2.40. The predicted molar refractivity (Wildman–Crippen MR) is 61.9 cm³/mol. The van der Waals surface area contributed by atoms with Crippen LogP contribution < -0.4 is 0 Å². The molecule has 0 unspecified atom stereocenters. The molecule has 0 saturated heterocycles. The summed E-state index contributed by atoms with van der Waals surface area (Å²) >= 11 is 5.78. The van der Waals surface area contributed by atoms with Gasteiger partial charge in [-0.25, -0.2) is 9.78 Å². The Morgan fingerprint density at radius 3 is 3.00 bits per heavy atom. The van der Waals surface area contributed by atoms with Crippen molar-refractivity contribution >= 4 is 23.4 Å². The average molecular weight is 254 g/mol. The van der Waals surface area contributed by atoms with Crippen LogP contribution in [0.25, 0.3) is 0 Å². The van der Waals surface area contributed by atoms with E-state index in [4.69, 9.17) is 16.3 Å². The van der Waals surface area contributed by atoms with Gasteiger partial charge in [0.15, 0.2) is 11.9 Å². The Hall–Kier alpha value is -1.42. The quantitative estimate of drug-likeness (QED) is 0.600. The van der Waals surface area contributed by atoms with Crippen molar-refractivity contribution < 1.29 is 14.3 Å². The van der Waals surface area contributed by atoms with Crippen molar-refractivity contribution in [3.05, 3.63) is 29.0 Å². The van der Waals surface area contributed by atoms with Crippen molar-refractivity contribution in [2.24, 2.45) is 0 Å². The molecule has 0 aromatic carbocycles. The number of pyridine rings is 1. The fraction of sp³-hybridized carbons (Fsp3) is 0.417. The van der Waals surface area contributed by atoms with Crippen molar-refractivity contribution in [2.45, 2.75) is 31.8 Å². The van der Waals surface area contributed by atoms with Gasteiger partial charge in [0, 0.05) is 12.6 Å². The number of rotatable bonds is 2. The molecule has 2 rings (SSSR count). The number of aromatic nitrogens is 1. The topological polar surface area (TPSA) is 56.3 Å². The molecule has 1 heterocycles. The second-order valence-electron chi connectivity index (χ2n) is 3.95. The maximum Gasteiger partial charge on any atom is 0.341 e. The summed E-state index contributed by atoms with van der Waals surface area (Å²) in [5, 5.41) is 0.0979. The zero-order chi connectivity index (χ0) is 12.3. The van der Waals surface area contributed by atoms with Crippen LogP contribution in [-0.4, -0.2) is 22.8 Å². The zero-order valence-electron chi connectivity index (χ0n) is 9.19. The number of hydrogen-bond acceptors (Lipinski definition) is 4. The van der Waals surface area contributed by atoms with Gasteiger partial charge in [0.25, 0.3) is 0 Å². The molecular formula is C12H12ClNO3. The van der Waals surface area contributed by atoms with Crippen LogP contribution >= 0.6 is 11.6 Å². The maximum absolute atomic E-state index is 11.8. The summed E-state index contributed by atoms with van der Waals surface area (Å²) in [5.41, 5.74) is 0.201. The van der Waals surface area contributed by atoms with Gasteiger partial charge in [-0.2, -0.15) is 0 Å². The van der Waals surface area contributed by atoms with Crippen LogP contribution in [0.2, 0.25) is 5.15 Å². The van der Waals surface area contributed by atoms with E-state index in [0.29, 0.717) is 12.8 Å². The molecule has 0 bridgehead atoms. The van der Waals surface area contributed by atoms with E-state index in [2.05, 4.69) is 4.98 Å². The molecule has 1 aromatic rings. The van der Waals surface area contributed by atoms with Crippen LogP contribution in [0.5, 0.6) is 0 Å². The average Bonchev–Trinajstić information content (AvgIpc) is 2.32. The molecule has 1 atom stereocenters. The van der Waals surface area contributed by atoms with Crippen LogP contribution in [0, 0.1) is 0 Å². The van der Waals surface area contributed by atoms with Crippen LogP contribution in [0.3, 0.4) is 0 Å². The SMILES string of the molecule is O=C(O[C@@H]1CCCCC1=O)c1cccnc1Cl. The highest BCUT2D eigenvalue weighted by Crippen LogP contribution is 2.20. The van der Waals surface area contributed by atoms with E-state index in [1.165, 1.54) is 12.3 Å². The Morgan fingerprint density at radius 1 is 1.47 bits per heavy atom. The summed E-state index contributed by atoms with van der Waals surface area (Å²) in [6.07, 6.45) is 3.74. The van der Waals surface area contributed by atoms with Crippen LogP contribution in [0.1, 0.15) is 36.0 Å². The molecule has 0 amide bonds. The third-order valence-corrected chi connectivity index (χ3v) is 3.03. The fourth-order valence-corrected chi connectivity index (χ4v) is 2.00. The van der Waals surface area contributed by atoms with E-state index in [1.807, 2.05) is 0 Å². The Kier molecular flexibility index (Phi) is 3.74. The van der Waals surface area contributed by atoms with Crippen molar-refractivity contribution in [1.82, 2.24) is 4.98 Å². The number of carbonyl (C=O) groups excluding carboxylic acids is 2. The highest BCUT2D eigenvalue weighted by atomic mass is 35.5. The minimum Gasteiger partial charge on any atom is -0.451 e. The second kappa shape index (κ2) is 5.27. The van der Waals surface area contributed by atoms with Crippen molar-refractivity contribution in [3.8, 4) is 0 Å². The first-order chi connectivity index (χ1) is 8.18. The van der Waals surface area contributed by atoms with Gasteiger partial charge in [-0.1, -0.05) is 11.6 Å².